The van der Waals surface area contributed by atoms with Crippen molar-refractivity contribution in [3.05, 3.63) is 143 Å². The Morgan fingerprint density at radius 2 is 0.937 bits per heavy atom. The fourth-order valence-electron chi connectivity index (χ4n) is 8.26. The molecule has 0 aromatic heterocycles. The predicted octanol–water partition coefficient (Wildman–Crippen LogP) is 10.7. The first kappa shape index (κ1) is 46.0. The molecule has 0 aliphatic carbocycles. The van der Waals surface area contributed by atoms with Gasteiger partial charge < -0.3 is 48.0 Å². The molecule has 0 radical (unpaired) electrons. The third-order valence-corrected chi connectivity index (χ3v) is 17.4. The number of fused-ring (bicyclic) bond motifs is 1. The Bertz CT molecular complexity index is 2140. The summed E-state index contributed by atoms with van der Waals surface area (Å²) in [5.41, 5.74) is 7.98. The fraction of sp³-hybridized carbons (Fsp3) is 0.423. The topological polar surface area (TPSA) is 83.1 Å². The van der Waals surface area contributed by atoms with Crippen molar-refractivity contribution in [2.75, 3.05) is 44.8 Å². The van der Waals surface area contributed by atoms with Gasteiger partial charge in [-0.25, -0.2) is 0 Å². The number of nitrogens with one attached hydrogen (secondary N) is 1. The lowest BCUT2D eigenvalue weighted by molar-refractivity contribution is -0.157. The van der Waals surface area contributed by atoms with Gasteiger partial charge in [0.1, 0.15) is 35.2 Å². The lowest BCUT2D eigenvalue weighted by atomic mass is 9.98. The lowest BCUT2D eigenvalue weighted by Gasteiger charge is -2.37. The standard InChI is InChI=1S/C52H67N3O7Si/c1-51(2,3)63(10,11)60-35-45-49-50(62-52(4,5)61-49)48(53-45)40-20-29-46(54(31-36-12-21-41(56-6)22-13-36)32-37-14-23-42(57-7)24-15-37)47(30-40)55(33-38-16-25-43(58-8)26-17-38)34-39-18-27-44(59-9)28-19-39/h12-30,45,48-50,53H,31-35H2,1-11H3/t45-,48+,49-,50+/m1/s1. The summed E-state index contributed by atoms with van der Waals surface area (Å²) in [6.45, 7) is 18.7. The first-order chi connectivity index (χ1) is 30.1. The van der Waals surface area contributed by atoms with Crippen LogP contribution < -0.4 is 34.1 Å². The SMILES string of the molecule is COc1ccc(CN(Cc2ccc(OC)cc2)c2ccc([C@@H]3N[C@H](CO[Si](C)(C)C(C)(C)C)[C@H]4OC(C)(C)O[C@H]43)cc2N(Cc2ccc(OC)cc2)Cc2ccc(OC)cc2)cc1. The normalized spacial score (nSPS) is 19.3. The van der Waals surface area contributed by atoms with Crippen LogP contribution in [0, 0.1) is 0 Å². The van der Waals surface area contributed by atoms with Crippen LogP contribution >= 0.6 is 0 Å². The molecule has 336 valence electrons. The second-order valence-electron chi connectivity index (χ2n) is 18.7. The minimum atomic E-state index is -2.04. The van der Waals surface area contributed by atoms with Crippen molar-refractivity contribution in [2.24, 2.45) is 0 Å². The molecule has 7 rings (SSSR count). The maximum Gasteiger partial charge on any atom is 0.192 e. The molecule has 63 heavy (non-hydrogen) atoms. The Kier molecular flexibility index (Phi) is 14.1. The van der Waals surface area contributed by atoms with E-state index >= 15 is 0 Å². The highest BCUT2D eigenvalue weighted by Crippen LogP contribution is 2.45. The molecular weight excluding hydrogens is 807 g/mol. The minimum absolute atomic E-state index is 0.0460. The molecule has 2 fully saturated rings. The highest BCUT2D eigenvalue weighted by Gasteiger charge is 2.55. The molecule has 4 atom stereocenters. The predicted molar refractivity (Wildman–Crippen MR) is 255 cm³/mol. The smallest absolute Gasteiger partial charge is 0.192 e. The number of benzene rings is 5. The van der Waals surface area contributed by atoms with Crippen molar-refractivity contribution in [3.8, 4) is 23.0 Å². The third-order valence-electron chi connectivity index (χ3n) is 12.9. The number of ether oxygens (including phenoxy) is 6. The summed E-state index contributed by atoms with van der Waals surface area (Å²) in [4.78, 5) is 4.95. The van der Waals surface area contributed by atoms with E-state index in [1.165, 1.54) is 11.1 Å². The van der Waals surface area contributed by atoms with Crippen molar-refractivity contribution in [2.45, 2.75) is 109 Å². The van der Waals surface area contributed by atoms with Crippen LogP contribution in [0.1, 0.15) is 68.5 Å². The lowest BCUT2D eigenvalue weighted by Crippen LogP contribution is -2.47. The summed E-state index contributed by atoms with van der Waals surface area (Å²) in [5, 5.41) is 4.06. The second-order valence-corrected chi connectivity index (χ2v) is 23.5. The van der Waals surface area contributed by atoms with Crippen LogP contribution in [0.2, 0.25) is 18.1 Å². The van der Waals surface area contributed by atoms with Crippen molar-refractivity contribution in [1.29, 1.82) is 0 Å². The van der Waals surface area contributed by atoms with Crippen LogP contribution in [0.15, 0.2) is 115 Å². The number of hydrogen-bond donors (Lipinski definition) is 1. The first-order valence-electron chi connectivity index (χ1n) is 22.0. The average molecular weight is 874 g/mol. The number of nitrogens with zero attached hydrogens (tertiary/aromatic N) is 2. The Morgan fingerprint density at radius 3 is 1.32 bits per heavy atom. The molecule has 5 aromatic rings. The highest BCUT2D eigenvalue weighted by molar-refractivity contribution is 6.74. The number of rotatable bonds is 18. The van der Waals surface area contributed by atoms with Gasteiger partial charge in [0.05, 0.1) is 58.5 Å². The Labute approximate surface area is 376 Å². The molecular formula is C52H67N3O7Si. The summed E-state index contributed by atoms with van der Waals surface area (Å²) in [6.07, 6.45) is -0.382. The molecule has 2 heterocycles. The quantitative estimate of drug-likeness (QED) is 0.0860. The molecule has 0 unspecified atom stereocenters. The van der Waals surface area contributed by atoms with E-state index in [4.69, 9.17) is 32.8 Å². The van der Waals surface area contributed by atoms with Crippen LogP contribution in [0.4, 0.5) is 11.4 Å². The molecule has 10 nitrogen and oxygen atoms in total. The minimum Gasteiger partial charge on any atom is -0.497 e. The zero-order valence-corrected chi connectivity index (χ0v) is 40.1. The zero-order chi connectivity index (χ0) is 44.9. The molecule has 2 aliphatic rings. The number of anilines is 2. The van der Waals surface area contributed by atoms with E-state index in [1.807, 2.05) is 62.4 Å². The van der Waals surface area contributed by atoms with E-state index in [9.17, 15) is 0 Å². The van der Waals surface area contributed by atoms with E-state index in [2.05, 4.69) is 116 Å². The van der Waals surface area contributed by atoms with Gasteiger partial charge in [-0.15, -0.1) is 0 Å². The molecule has 0 amide bonds. The third kappa shape index (κ3) is 11.0. The maximum absolute atomic E-state index is 6.85. The van der Waals surface area contributed by atoms with E-state index in [0.29, 0.717) is 32.8 Å². The van der Waals surface area contributed by atoms with Crippen LogP contribution in [0.3, 0.4) is 0 Å². The molecule has 0 saturated carbocycles. The second kappa shape index (κ2) is 19.4. The van der Waals surface area contributed by atoms with E-state index in [-0.39, 0.29) is 29.3 Å². The summed E-state index contributed by atoms with van der Waals surface area (Å²) in [6, 6.07) is 40.2. The Hall–Kier alpha value is -5.04. The molecule has 0 bridgehead atoms. The average Bonchev–Trinajstić information content (AvgIpc) is 3.78. The Balaban J connectivity index is 1.36. The molecule has 2 aliphatic heterocycles. The summed E-state index contributed by atoms with van der Waals surface area (Å²) in [5.74, 6) is 2.57. The van der Waals surface area contributed by atoms with E-state index in [1.54, 1.807) is 28.4 Å². The van der Waals surface area contributed by atoms with Gasteiger partial charge >= 0.3 is 0 Å². The van der Waals surface area contributed by atoms with Crippen LogP contribution in [-0.2, 0) is 40.1 Å². The van der Waals surface area contributed by atoms with Gasteiger partial charge in [-0.1, -0.05) is 75.4 Å². The molecule has 5 aromatic carbocycles. The largest absolute Gasteiger partial charge is 0.497 e. The van der Waals surface area contributed by atoms with Gasteiger partial charge in [0.2, 0.25) is 0 Å². The van der Waals surface area contributed by atoms with Gasteiger partial charge in [-0.05, 0) is 120 Å². The van der Waals surface area contributed by atoms with Gasteiger partial charge in [-0.2, -0.15) is 0 Å². The van der Waals surface area contributed by atoms with Crippen molar-refractivity contribution in [3.63, 3.8) is 0 Å². The maximum atomic E-state index is 6.85. The number of hydrogen-bond acceptors (Lipinski definition) is 10. The molecule has 1 N–H and O–H groups in total. The number of methoxy groups -OCH3 is 4. The van der Waals surface area contributed by atoms with Crippen molar-refractivity contribution >= 4 is 19.7 Å². The highest BCUT2D eigenvalue weighted by atomic mass is 28.4. The Morgan fingerprint density at radius 1 is 0.556 bits per heavy atom. The van der Waals surface area contributed by atoms with Crippen LogP contribution in [0.5, 0.6) is 23.0 Å². The molecule has 11 heteroatoms. The zero-order valence-electron chi connectivity index (χ0n) is 39.1. The fourth-order valence-corrected chi connectivity index (χ4v) is 9.29. The first-order valence-corrected chi connectivity index (χ1v) is 24.9. The van der Waals surface area contributed by atoms with Gasteiger partial charge in [-0.3, -0.25) is 0 Å². The summed E-state index contributed by atoms with van der Waals surface area (Å²) < 4.78 is 42.5. The van der Waals surface area contributed by atoms with E-state index < -0.39 is 14.1 Å². The van der Waals surface area contributed by atoms with Crippen molar-refractivity contribution in [1.82, 2.24) is 5.32 Å². The van der Waals surface area contributed by atoms with Gasteiger partial charge in [0.25, 0.3) is 0 Å². The van der Waals surface area contributed by atoms with E-state index in [0.717, 1.165) is 51.1 Å². The van der Waals surface area contributed by atoms with Gasteiger partial charge in [0.15, 0.2) is 14.1 Å². The molecule has 0 spiro atoms. The monoisotopic (exact) mass is 873 g/mol. The van der Waals surface area contributed by atoms with Crippen LogP contribution in [0.25, 0.3) is 0 Å². The summed E-state index contributed by atoms with van der Waals surface area (Å²) in [7, 11) is 4.77. The summed E-state index contributed by atoms with van der Waals surface area (Å²) >= 11 is 0. The molecule has 2 saturated heterocycles. The van der Waals surface area contributed by atoms with Gasteiger partial charge in [0, 0.05) is 26.2 Å². The van der Waals surface area contributed by atoms with Crippen molar-refractivity contribution < 1.29 is 32.8 Å². The van der Waals surface area contributed by atoms with Crippen LogP contribution in [-0.4, -0.2) is 67.4 Å².